The Morgan fingerprint density at radius 2 is 1.86 bits per heavy atom. The molecule has 0 spiro atoms. The molecule has 1 aromatic heterocycles. The molecule has 5 rings (SSSR count). The van der Waals surface area contributed by atoms with Crippen LogP contribution < -0.4 is 4.90 Å². The van der Waals surface area contributed by atoms with Gasteiger partial charge in [0.15, 0.2) is 0 Å². The Bertz CT molecular complexity index is 986. The minimum absolute atomic E-state index is 0.811. The van der Waals surface area contributed by atoms with Gasteiger partial charge in [0.25, 0.3) is 0 Å². The molecular formula is C23H27N5O. The van der Waals surface area contributed by atoms with Crippen LogP contribution in [-0.4, -0.2) is 66.2 Å². The second-order valence-electron chi connectivity index (χ2n) is 7.65. The van der Waals surface area contributed by atoms with E-state index in [4.69, 9.17) is 9.73 Å². The highest BCUT2D eigenvalue weighted by Crippen LogP contribution is 2.37. The Morgan fingerprint density at radius 1 is 1.00 bits per heavy atom. The fraction of sp³-hybridized carbons (Fsp3) is 0.391. The van der Waals surface area contributed by atoms with Gasteiger partial charge >= 0.3 is 0 Å². The van der Waals surface area contributed by atoms with Crippen LogP contribution in [0.2, 0.25) is 0 Å². The van der Waals surface area contributed by atoms with Gasteiger partial charge in [0, 0.05) is 62.6 Å². The molecule has 0 aliphatic carbocycles. The molecule has 150 valence electrons. The molecule has 29 heavy (non-hydrogen) atoms. The number of hydrogen-bond donors (Lipinski definition) is 0. The van der Waals surface area contributed by atoms with Crippen molar-refractivity contribution in [2.24, 2.45) is 4.99 Å². The second kappa shape index (κ2) is 8.35. The molecular weight excluding hydrogens is 362 g/mol. The summed E-state index contributed by atoms with van der Waals surface area (Å²) in [5, 5.41) is 2.63. The zero-order valence-electron chi connectivity index (χ0n) is 16.7. The first-order valence-corrected chi connectivity index (χ1v) is 10.5. The minimum atomic E-state index is 0.811. The van der Waals surface area contributed by atoms with Crippen molar-refractivity contribution in [1.82, 2.24) is 14.5 Å². The number of amidine groups is 1. The molecule has 2 aliphatic heterocycles. The van der Waals surface area contributed by atoms with Crippen molar-refractivity contribution >= 4 is 22.3 Å². The minimum Gasteiger partial charge on any atom is -0.379 e. The average molecular weight is 390 g/mol. The van der Waals surface area contributed by atoms with Crippen molar-refractivity contribution < 1.29 is 4.74 Å². The van der Waals surface area contributed by atoms with E-state index in [1.807, 2.05) is 18.7 Å². The van der Waals surface area contributed by atoms with E-state index >= 15 is 0 Å². The van der Waals surface area contributed by atoms with Gasteiger partial charge in [-0.15, -0.1) is 0 Å². The van der Waals surface area contributed by atoms with Crippen LogP contribution in [0.3, 0.4) is 0 Å². The lowest BCUT2D eigenvalue weighted by atomic mass is 10.1. The Balaban J connectivity index is 1.37. The molecule has 3 heterocycles. The van der Waals surface area contributed by atoms with Crippen molar-refractivity contribution in [3.05, 3.63) is 60.7 Å². The molecule has 0 unspecified atom stereocenters. The summed E-state index contributed by atoms with van der Waals surface area (Å²) in [7, 11) is 0. The lowest BCUT2D eigenvalue weighted by Crippen LogP contribution is -2.42. The number of morpholine rings is 1. The molecule has 0 atom stereocenters. The van der Waals surface area contributed by atoms with Crippen LogP contribution in [0, 0.1) is 0 Å². The second-order valence-corrected chi connectivity index (χ2v) is 7.65. The molecule has 0 amide bonds. The van der Waals surface area contributed by atoms with Crippen LogP contribution in [0.4, 0.5) is 5.69 Å². The zero-order valence-corrected chi connectivity index (χ0v) is 16.7. The number of nitrogens with zero attached hydrogens (tertiary/aromatic N) is 5. The van der Waals surface area contributed by atoms with Crippen molar-refractivity contribution in [3.8, 4) is 0 Å². The maximum atomic E-state index is 5.50. The summed E-state index contributed by atoms with van der Waals surface area (Å²) in [5.41, 5.74) is 2.56. The number of aryl methyl sites for hydroxylation is 1. The van der Waals surface area contributed by atoms with Gasteiger partial charge in [0.1, 0.15) is 5.84 Å². The van der Waals surface area contributed by atoms with Gasteiger partial charge in [-0.2, -0.15) is 0 Å². The third-order valence-corrected chi connectivity index (χ3v) is 5.81. The third-order valence-electron chi connectivity index (χ3n) is 5.81. The number of aliphatic imine (C=N–C) groups is 1. The van der Waals surface area contributed by atoms with Gasteiger partial charge in [-0.1, -0.05) is 30.3 Å². The normalized spacial score (nSPS) is 18.2. The number of benzene rings is 2. The van der Waals surface area contributed by atoms with E-state index in [1.54, 1.807) is 0 Å². The summed E-state index contributed by atoms with van der Waals surface area (Å²) in [5.74, 6) is 1.12. The molecule has 1 fully saturated rings. The predicted octanol–water partition coefficient (Wildman–Crippen LogP) is 3.03. The van der Waals surface area contributed by atoms with E-state index in [2.05, 4.69) is 55.7 Å². The summed E-state index contributed by atoms with van der Waals surface area (Å²) in [6.07, 6.45) is 6.71. The standard InChI is InChI=1S/C23H27N5O/c1-4-19-5-2-7-21-22(19)20(6-1)23(25-8-3-10-27-11-9-24-18-27)28(21)13-12-26-14-16-29-17-15-26/h1-2,4-7,9,11,18H,3,8,10,12-17H2/b25-23+. The van der Waals surface area contributed by atoms with Crippen LogP contribution in [0.1, 0.15) is 12.0 Å². The summed E-state index contributed by atoms with van der Waals surface area (Å²) in [4.78, 5) is 14.1. The van der Waals surface area contributed by atoms with Crippen LogP contribution in [0.25, 0.3) is 10.8 Å². The highest BCUT2D eigenvalue weighted by Gasteiger charge is 2.28. The van der Waals surface area contributed by atoms with Crippen molar-refractivity contribution in [1.29, 1.82) is 0 Å². The molecule has 0 radical (unpaired) electrons. The molecule has 6 heteroatoms. The lowest BCUT2D eigenvalue weighted by molar-refractivity contribution is 0.0395. The Morgan fingerprint density at radius 3 is 2.69 bits per heavy atom. The van der Waals surface area contributed by atoms with Gasteiger partial charge < -0.3 is 14.2 Å². The van der Waals surface area contributed by atoms with Crippen molar-refractivity contribution in [3.63, 3.8) is 0 Å². The first-order chi connectivity index (χ1) is 14.4. The van der Waals surface area contributed by atoms with Crippen LogP contribution in [-0.2, 0) is 11.3 Å². The van der Waals surface area contributed by atoms with Crippen molar-refractivity contribution in [2.45, 2.75) is 13.0 Å². The zero-order chi connectivity index (χ0) is 19.5. The third kappa shape index (κ3) is 3.78. The van der Waals surface area contributed by atoms with Crippen LogP contribution in [0.15, 0.2) is 60.1 Å². The summed E-state index contributed by atoms with van der Waals surface area (Å²) >= 11 is 0. The molecule has 3 aromatic rings. The fourth-order valence-electron chi connectivity index (χ4n) is 4.31. The Kier molecular flexibility index (Phi) is 5.28. The largest absolute Gasteiger partial charge is 0.379 e. The maximum Gasteiger partial charge on any atom is 0.136 e. The predicted molar refractivity (Wildman–Crippen MR) is 117 cm³/mol. The van der Waals surface area contributed by atoms with Gasteiger partial charge in [-0.05, 0) is 17.9 Å². The van der Waals surface area contributed by atoms with Crippen LogP contribution >= 0.6 is 0 Å². The monoisotopic (exact) mass is 389 g/mol. The number of rotatable bonds is 7. The smallest absolute Gasteiger partial charge is 0.136 e. The Labute approximate surface area is 171 Å². The van der Waals surface area contributed by atoms with E-state index in [1.165, 1.54) is 22.0 Å². The number of imidazole rings is 1. The maximum absolute atomic E-state index is 5.50. The molecule has 6 nitrogen and oxygen atoms in total. The highest BCUT2D eigenvalue weighted by atomic mass is 16.5. The number of ether oxygens (including phenoxy) is 1. The van der Waals surface area contributed by atoms with Crippen molar-refractivity contribution in [2.75, 3.05) is 50.8 Å². The summed E-state index contributed by atoms with van der Waals surface area (Å²) < 4.78 is 7.61. The van der Waals surface area contributed by atoms with Gasteiger partial charge in [0.2, 0.25) is 0 Å². The van der Waals surface area contributed by atoms with E-state index in [9.17, 15) is 0 Å². The molecule has 2 aliphatic rings. The average Bonchev–Trinajstić information content (AvgIpc) is 3.39. The molecule has 0 saturated carbocycles. The highest BCUT2D eigenvalue weighted by molar-refractivity contribution is 6.27. The Hall–Kier alpha value is -2.70. The number of hydrogen-bond acceptors (Lipinski definition) is 4. The number of aromatic nitrogens is 2. The fourth-order valence-corrected chi connectivity index (χ4v) is 4.31. The van der Waals surface area contributed by atoms with Crippen LogP contribution in [0.5, 0.6) is 0 Å². The summed E-state index contributed by atoms with van der Waals surface area (Å²) in [6.45, 7) is 7.45. The molecule has 1 saturated heterocycles. The van der Waals surface area contributed by atoms with E-state index in [0.717, 1.165) is 64.7 Å². The van der Waals surface area contributed by atoms with Gasteiger partial charge in [0.05, 0.1) is 25.2 Å². The molecule has 0 bridgehead atoms. The summed E-state index contributed by atoms with van der Waals surface area (Å²) in [6, 6.07) is 13.2. The van der Waals surface area contributed by atoms with E-state index < -0.39 is 0 Å². The van der Waals surface area contributed by atoms with Gasteiger partial charge in [-0.25, -0.2) is 4.98 Å². The van der Waals surface area contributed by atoms with Gasteiger partial charge in [-0.3, -0.25) is 9.89 Å². The SMILES string of the molecule is c1cc2c3c(cccc3c1)N(CCN1CCOCC1)/C2=N/CCCn1ccnc1. The molecule has 0 N–H and O–H groups in total. The molecule has 2 aromatic carbocycles. The topological polar surface area (TPSA) is 45.9 Å². The first-order valence-electron chi connectivity index (χ1n) is 10.5. The quantitative estimate of drug-likeness (QED) is 0.583. The lowest BCUT2D eigenvalue weighted by Gasteiger charge is -2.29. The first kappa shape index (κ1) is 18.3. The number of anilines is 1. The van der Waals surface area contributed by atoms with E-state index in [-0.39, 0.29) is 0 Å². The van der Waals surface area contributed by atoms with E-state index in [0.29, 0.717) is 0 Å².